The Kier molecular flexibility index (Phi) is 3.04. The molecule has 4 nitrogen and oxygen atoms in total. The number of benzene rings is 2. The highest BCUT2D eigenvalue weighted by atomic mass is 127. The molecule has 0 atom stereocenters. The lowest BCUT2D eigenvalue weighted by molar-refractivity contribution is 0.434. The number of rotatable bonds is 1. The van der Waals surface area contributed by atoms with Crippen LogP contribution < -0.4 is 10.4 Å². The van der Waals surface area contributed by atoms with E-state index in [4.69, 9.17) is 0 Å². The van der Waals surface area contributed by atoms with E-state index in [2.05, 4.69) is 32.8 Å². The normalized spacial score (nSPS) is 14.1. The summed E-state index contributed by atoms with van der Waals surface area (Å²) in [4.78, 5) is 0. The first-order chi connectivity index (χ1) is 10.6. The summed E-state index contributed by atoms with van der Waals surface area (Å²) in [5, 5.41) is 21.7. The highest BCUT2D eigenvalue weighted by Gasteiger charge is 2.12. The Morgan fingerprint density at radius 3 is 2.82 bits per heavy atom. The Balaban J connectivity index is 1.99. The van der Waals surface area contributed by atoms with Gasteiger partial charge in [0.15, 0.2) is 5.88 Å². The van der Waals surface area contributed by atoms with E-state index in [0.717, 1.165) is 36.3 Å². The molecule has 0 spiro atoms. The van der Waals surface area contributed by atoms with Crippen LogP contribution in [0.3, 0.4) is 0 Å². The van der Waals surface area contributed by atoms with Crippen LogP contribution in [0.2, 0.25) is 0 Å². The molecule has 0 radical (unpaired) electrons. The first-order valence-corrected chi connectivity index (χ1v) is 7.93. The quantitative estimate of drug-likeness (QED) is 0.494. The van der Waals surface area contributed by atoms with E-state index in [1.165, 1.54) is 0 Å². The fourth-order valence-corrected chi connectivity index (χ4v) is 3.33. The van der Waals surface area contributed by atoms with Crippen LogP contribution in [0.15, 0.2) is 52.7 Å². The van der Waals surface area contributed by atoms with Gasteiger partial charge in [-0.05, 0) is 52.1 Å². The summed E-state index contributed by atoms with van der Waals surface area (Å²) < 4.78 is 2.71. The zero-order chi connectivity index (χ0) is 15.3. The molecule has 0 bridgehead atoms. The standard InChI is InChI=1S/C17H12IN3O/c1-21-15-5-3-2-4-11(15)13(17(21)22)8-10-6-7-12-14(9-10)19-20-16(12)18/h2-9,22H,1H3. The molecule has 2 heterocycles. The Morgan fingerprint density at radius 2 is 1.95 bits per heavy atom. The summed E-state index contributed by atoms with van der Waals surface area (Å²) in [6.45, 7) is 0. The highest BCUT2D eigenvalue weighted by Crippen LogP contribution is 2.30. The molecule has 1 N–H and O–H groups in total. The minimum Gasteiger partial charge on any atom is -0.494 e. The fourth-order valence-electron chi connectivity index (χ4n) is 2.77. The van der Waals surface area contributed by atoms with Crippen LogP contribution in [-0.2, 0) is 7.05 Å². The van der Waals surface area contributed by atoms with Crippen LogP contribution in [0.4, 0.5) is 5.69 Å². The van der Waals surface area contributed by atoms with Crippen molar-refractivity contribution in [3.8, 4) is 5.88 Å². The van der Waals surface area contributed by atoms with Crippen molar-refractivity contribution < 1.29 is 5.11 Å². The zero-order valence-corrected chi connectivity index (χ0v) is 13.9. The molecule has 2 aromatic carbocycles. The van der Waals surface area contributed by atoms with Crippen molar-refractivity contribution in [1.82, 2.24) is 4.57 Å². The second kappa shape index (κ2) is 4.95. The molecule has 1 aromatic heterocycles. The Morgan fingerprint density at radius 1 is 1.14 bits per heavy atom. The number of hydrogen-bond acceptors (Lipinski definition) is 3. The summed E-state index contributed by atoms with van der Waals surface area (Å²) in [5.74, 6) is 0.268. The van der Waals surface area contributed by atoms with E-state index in [0.29, 0.717) is 0 Å². The number of halogens is 1. The second-order valence-corrected chi connectivity index (χ2v) is 6.25. The SMILES string of the molecule is Cn1c(O)c(C=c2ccc3c(c2)N=NC=3I)c2ccccc21. The number of aromatic nitrogens is 1. The van der Waals surface area contributed by atoms with Crippen molar-refractivity contribution in [2.45, 2.75) is 0 Å². The molecule has 1 aliphatic rings. The first kappa shape index (κ1) is 13.5. The zero-order valence-electron chi connectivity index (χ0n) is 11.8. The maximum Gasteiger partial charge on any atom is 0.199 e. The molecule has 1 aliphatic heterocycles. The van der Waals surface area contributed by atoms with Gasteiger partial charge in [-0.25, -0.2) is 0 Å². The van der Waals surface area contributed by atoms with Crippen LogP contribution in [0, 0.1) is 0 Å². The van der Waals surface area contributed by atoms with Gasteiger partial charge >= 0.3 is 0 Å². The number of azo groups is 1. The molecule has 0 fully saturated rings. The van der Waals surface area contributed by atoms with Crippen molar-refractivity contribution in [3.63, 3.8) is 0 Å². The highest BCUT2D eigenvalue weighted by molar-refractivity contribution is 14.1. The van der Waals surface area contributed by atoms with Gasteiger partial charge < -0.3 is 9.67 Å². The molecule has 0 saturated heterocycles. The predicted molar refractivity (Wildman–Crippen MR) is 95.8 cm³/mol. The lowest BCUT2D eigenvalue weighted by atomic mass is 10.1. The predicted octanol–water partition coefficient (Wildman–Crippen LogP) is 3.31. The van der Waals surface area contributed by atoms with Crippen molar-refractivity contribution in [2.75, 3.05) is 0 Å². The minimum atomic E-state index is 0.268. The number of nitrogens with zero attached hydrogens (tertiary/aromatic N) is 3. The van der Waals surface area contributed by atoms with E-state index in [1.807, 2.05) is 55.6 Å². The van der Waals surface area contributed by atoms with Crippen LogP contribution in [0.5, 0.6) is 5.88 Å². The molecule has 0 unspecified atom stereocenters. The number of para-hydroxylation sites is 1. The topological polar surface area (TPSA) is 49.9 Å². The minimum absolute atomic E-state index is 0.268. The van der Waals surface area contributed by atoms with Crippen LogP contribution >= 0.6 is 22.6 Å². The van der Waals surface area contributed by atoms with Gasteiger partial charge in [0, 0.05) is 23.2 Å². The lowest BCUT2D eigenvalue weighted by Crippen LogP contribution is -2.07. The molecule has 0 aliphatic carbocycles. The van der Waals surface area contributed by atoms with Crippen molar-refractivity contribution in [2.24, 2.45) is 17.3 Å². The van der Waals surface area contributed by atoms with E-state index >= 15 is 0 Å². The van der Waals surface area contributed by atoms with E-state index in [9.17, 15) is 5.11 Å². The maximum atomic E-state index is 10.4. The second-order valence-electron chi connectivity index (χ2n) is 5.23. The summed E-state index contributed by atoms with van der Waals surface area (Å²) >= 11 is 2.18. The molecule has 3 aromatic rings. The largest absolute Gasteiger partial charge is 0.494 e. The van der Waals surface area contributed by atoms with Gasteiger partial charge in [-0.15, -0.1) is 10.2 Å². The molecular weight excluding hydrogens is 389 g/mol. The van der Waals surface area contributed by atoms with Crippen LogP contribution in [-0.4, -0.2) is 9.67 Å². The van der Waals surface area contributed by atoms with Crippen molar-refractivity contribution >= 4 is 49.0 Å². The Labute approximate surface area is 140 Å². The maximum absolute atomic E-state index is 10.4. The summed E-state index contributed by atoms with van der Waals surface area (Å²) in [7, 11) is 1.86. The third kappa shape index (κ3) is 1.96. The molecule has 4 rings (SSSR count). The molecule has 22 heavy (non-hydrogen) atoms. The molecule has 5 heteroatoms. The summed E-state index contributed by atoms with van der Waals surface area (Å²) in [5.41, 5.74) is 2.71. The van der Waals surface area contributed by atoms with Crippen molar-refractivity contribution in [3.05, 3.63) is 58.5 Å². The number of aromatic hydroxyl groups is 1. The van der Waals surface area contributed by atoms with Crippen LogP contribution in [0.1, 0.15) is 5.56 Å². The molecular formula is C17H12IN3O. The van der Waals surface area contributed by atoms with Gasteiger partial charge in [0.2, 0.25) is 0 Å². The number of fused-ring (bicyclic) bond motifs is 2. The van der Waals surface area contributed by atoms with Gasteiger partial charge in [-0.1, -0.05) is 24.3 Å². The van der Waals surface area contributed by atoms with Gasteiger partial charge in [0.25, 0.3) is 0 Å². The van der Waals surface area contributed by atoms with Gasteiger partial charge in [0.05, 0.1) is 11.2 Å². The lowest BCUT2D eigenvalue weighted by Gasteiger charge is -1.96. The van der Waals surface area contributed by atoms with E-state index in [1.54, 1.807) is 4.57 Å². The fraction of sp³-hybridized carbons (Fsp3) is 0.0588. The smallest absolute Gasteiger partial charge is 0.199 e. The monoisotopic (exact) mass is 401 g/mol. The third-order valence-corrected chi connectivity index (χ3v) is 4.71. The van der Waals surface area contributed by atoms with Crippen molar-refractivity contribution in [1.29, 1.82) is 0 Å². The van der Waals surface area contributed by atoms with Gasteiger partial charge in [-0.3, -0.25) is 0 Å². The Hall–Kier alpha value is -2.15. The van der Waals surface area contributed by atoms with Gasteiger partial charge in [0.1, 0.15) is 3.70 Å². The molecule has 0 saturated carbocycles. The van der Waals surface area contributed by atoms with Gasteiger partial charge in [-0.2, -0.15) is 0 Å². The number of hydrogen-bond donors (Lipinski definition) is 1. The van der Waals surface area contributed by atoms with E-state index in [-0.39, 0.29) is 5.88 Å². The number of aryl methyl sites for hydroxylation is 1. The third-order valence-electron chi connectivity index (χ3n) is 3.91. The summed E-state index contributed by atoms with van der Waals surface area (Å²) in [6.07, 6.45) is 1.98. The summed E-state index contributed by atoms with van der Waals surface area (Å²) in [6, 6.07) is 14.0. The first-order valence-electron chi connectivity index (χ1n) is 6.85. The average molecular weight is 401 g/mol. The Bertz CT molecular complexity index is 1060. The molecule has 108 valence electrons. The average Bonchev–Trinajstić information content (AvgIpc) is 3.02. The van der Waals surface area contributed by atoms with E-state index < -0.39 is 0 Å². The molecule has 0 amide bonds. The van der Waals surface area contributed by atoms with Crippen LogP contribution in [0.25, 0.3) is 20.7 Å².